The van der Waals surface area contributed by atoms with Crippen molar-refractivity contribution in [3.05, 3.63) is 107 Å². The summed E-state index contributed by atoms with van der Waals surface area (Å²) < 4.78 is 0. The summed E-state index contributed by atoms with van der Waals surface area (Å²) in [7, 11) is 0. The summed E-state index contributed by atoms with van der Waals surface area (Å²) in [5.74, 6) is -0.611. The number of nitrogens with one attached hydrogen (secondary N) is 1. The lowest BCUT2D eigenvalue weighted by molar-refractivity contribution is 0.0943. The number of carbonyl (C=O) groups is 2. The van der Waals surface area contributed by atoms with Crippen LogP contribution in [-0.4, -0.2) is 17.4 Å². The molecule has 0 unspecified atom stereocenters. The monoisotopic (exact) mass is 342 g/mol. The molecule has 1 N–H and O–H groups in total. The van der Waals surface area contributed by atoms with Crippen LogP contribution < -0.4 is 5.43 Å². The maximum absolute atomic E-state index is 12.7. The van der Waals surface area contributed by atoms with E-state index < -0.39 is 5.91 Å². The van der Waals surface area contributed by atoms with Gasteiger partial charge in [0.1, 0.15) is 0 Å². The summed E-state index contributed by atoms with van der Waals surface area (Å²) in [5, 5.41) is 4.15. The lowest BCUT2D eigenvalue weighted by Crippen LogP contribution is -2.22. The second-order valence-electron chi connectivity index (χ2n) is 5.74. The van der Waals surface area contributed by atoms with Crippen molar-refractivity contribution in [2.24, 2.45) is 5.10 Å². The molecule has 0 aliphatic heterocycles. The van der Waals surface area contributed by atoms with Crippen LogP contribution in [0.5, 0.6) is 0 Å². The van der Waals surface area contributed by atoms with E-state index in [0.29, 0.717) is 22.4 Å². The maximum Gasteiger partial charge on any atom is 0.272 e. The van der Waals surface area contributed by atoms with Gasteiger partial charge in [-0.15, -0.1) is 0 Å². The quantitative estimate of drug-likeness (QED) is 0.432. The molecule has 3 aromatic rings. The van der Waals surface area contributed by atoms with Crippen LogP contribution in [0.3, 0.4) is 0 Å². The largest absolute Gasteiger partial charge is 0.289 e. The van der Waals surface area contributed by atoms with Gasteiger partial charge in [-0.05, 0) is 18.6 Å². The first-order valence-electron chi connectivity index (χ1n) is 8.25. The normalized spacial score (nSPS) is 11.0. The van der Waals surface area contributed by atoms with Gasteiger partial charge in [-0.25, -0.2) is 5.43 Å². The number of hydrogen-bond donors (Lipinski definition) is 1. The average molecular weight is 342 g/mol. The third-order valence-electron chi connectivity index (χ3n) is 3.97. The zero-order valence-electron chi connectivity index (χ0n) is 14.3. The summed E-state index contributed by atoms with van der Waals surface area (Å²) in [4.78, 5) is 25.3. The van der Waals surface area contributed by atoms with E-state index in [-0.39, 0.29) is 5.78 Å². The molecule has 1 amide bonds. The number of benzene rings is 3. The first-order chi connectivity index (χ1) is 12.7. The zero-order valence-corrected chi connectivity index (χ0v) is 14.3. The van der Waals surface area contributed by atoms with Crippen molar-refractivity contribution in [2.45, 2.75) is 6.92 Å². The molecule has 4 heteroatoms. The highest BCUT2D eigenvalue weighted by Gasteiger charge is 2.17. The summed E-state index contributed by atoms with van der Waals surface area (Å²) in [6.45, 7) is 1.82. The minimum absolute atomic E-state index is 0.194. The van der Waals surface area contributed by atoms with E-state index in [9.17, 15) is 9.59 Å². The highest BCUT2D eigenvalue weighted by Crippen LogP contribution is 2.15. The van der Waals surface area contributed by atoms with E-state index in [0.717, 1.165) is 5.56 Å². The molecule has 0 saturated carbocycles. The van der Waals surface area contributed by atoms with E-state index in [4.69, 9.17) is 0 Å². The SMILES string of the molecule is C/C(=N\NC(=O)c1ccccc1C(=O)c1ccccc1)c1ccccc1. The molecule has 0 saturated heterocycles. The van der Waals surface area contributed by atoms with E-state index >= 15 is 0 Å². The van der Waals surface area contributed by atoms with Crippen molar-refractivity contribution in [3.8, 4) is 0 Å². The predicted molar refractivity (Wildman–Crippen MR) is 102 cm³/mol. The summed E-state index contributed by atoms with van der Waals surface area (Å²) in [5.41, 5.74) is 5.33. The fourth-order valence-corrected chi connectivity index (χ4v) is 2.56. The van der Waals surface area contributed by atoms with Gasteiger partial charge in [0, 0.05) is 11.1 Å². The van der Waals surface area contributed by atoms with E-state index in [1.54, 1.807) is 48.5 Å². The third-order valence-corrected chi connectivity index (χ3v) is 3.97. The average Bonchev–Trinajstić information content (AvgIpc) is 2.72. The molecule has 0 aliphatic rings. The van der Waals surface area contributed by atoms with Crippen molar-refractivity contribution < 1.29 is 9.59 Å². The molecule has 0 fully saturated rings. The lowest BCUT2D eigenvalue weighted by Gasteiger charge is -2.08. The van der Waals surface area contributed by atoms with Crippen LogP contribution in [0.25, 0.3) is 0 Å². The van der Waals surface area contributed by atoms with Crippen molar-refractivity contribution in [1.29, 1.82) is 0 Å². The number of nitrogens with zero attached hydrogens (tertiary/aromatic N) is 1. The van der Waals surface area contributed by atoms with Crippen molar-refractivity contribution >= 4 is 17.4 Å². The van der Waals surface area contributed by atoms with Crippen LogP contribution in [0.1, 0.15) is 38.8 Å². The van der Waals surface area contributed by atoms with Crippen molar-refractivity contribution in [3.63, 3.8) is 0 Å². The van der Waals surface area contributed by atoms with Gasteiger partial charge in [0.25, 0.3) is 5.91 Å². The molecule has 4 nitrogen and oxygen atoms in total. The van der Waals surface area contributed by atoms with E-state index in [1.165, 1.54) is 0 Å². The molecule has 3 aromatic carbocycles. The van der Waals surface area contributed by atoms with Crippen molar-refractivity contribution in [1.82, 2.24) is 5.43 Å². The first kappa shape index (κ1) is 17.3. The number of carbonyl (C=O) groups excluding carboxylic acids is 2. The Labute approximate surface area is 152 Å². The Morgan fingerprint density at radius 3 is 1.81 bits per heavy atom. The van der Waals surface area contributed by atoms with Gasteiger partial charge in [0.15, 0.2) is 5.78 Å². The summed E-state index contributed by atoms with van der Waals surface area (Å²) in [6, 6.07) is 25.2. The molecule has 26 heavy (non-hydrogen) atoms. The zero-order chi connectivity index (χ0) is 18.4. The van der Waals surface area contributed by atoms with E-state index in [1.807, 2.05) is 43.3 Å². The van der Waals surface area contributed by atoms with Crippen LogP contribution >= 0.6 is 0 Å². The molecule has 0 aromatic heterocycles. The minimum Gasteiger partial charge on any atom is -0.289 e. The minimum atomic E-state index is -0.417. The van der Waals surface area contributed by atoms with E-state index in [2.05, 4.69) is 10.5 Å². The predicted octanol–water partition coefficient (Wildman–Crippen LogP) is 4.07. The molecule has 0 atom stereocenters. The number of ketones is 1. The fourth-order valence-electron chi connectivity index (χ4n) is 2.56. The number of amides is 1. The lowest BCUT2D eigenvalue weighted by atomic mass is 9.98. The Balaban J connectivity index is 1.84. The number of hydrogen-bond acceptors (Lipinski definition) is 3. The molecular weight excluding hydrogens is 324 g/mol. The van der Waals surface area contributed by atoms with Crippen LogP contribution in [-0.2, 0) is 0 Å². The molecule has 3 rings (SSSR count). The fraction of sp³-hybridized carbons (Fsp3) is 0.0455. The molecule has 0 aliphatic carbocycles. The Hall–Kier alpha value is -3.53. The number of rotatable bonds is 5. The molecule has 0 bridgehead atoms. The Morgan fingerprint density at radius 1 is 0.692 bits per heavy atom. The molecular formula is C22H18N2O2. The Bertz CT molecular complexity index is 948. The van der Waals surface area contributed by atoms with Gasteiger partial charge in [-0.3, -0.25) is 9.59 Å². The van der Waals surface area contributed by atoms with Gasteiger partial charge >= 0.3 is 0 Å². The van der Waals surface area contributed by atoms with Crippen LogP contribution in [0, 0.1) is 0 Å². The Morgan fingerprint density at radius 2 is 1.19 bits per heavy atom. The molecule has 0 heterocycles. The van der Waals surface area contributed by atoms with Gasteiger partial charge in [-0.2, -0.15) is 5.10 Å². The Kier molecular flexibility index (Phi) is 5.34. The molecule has 0 spiro atoms. The van der Waals surface area contributed by atoms with Crippen LogP contribution in [0.4, 0.5) is 0 Å². The van der Waals surface area contributed by atoms with Gasteiger partial charge < -0.3 is 0 Å². The highest BCUT2D eigenvalue weighted by atomic mass is 16.2. The molecule has 0 radical (unpaired) electrons. The first-order valence-corrected chi connectivity index (χ1v) is 8.25. The van der Waals surface area contributed by atoms with Crippen LogP contribution in [0.2, 0.25) is 0 Å². The summed E-state index contributed by atoms with van der Waals surface area (Å²) >= 11 is 0. The number of hydrazone groups is 1. The van der Waals surface area contributed by atoms with Crippen LogP contribution in [0.15, 0.2) is 90.0 Å². The highest BCUT2D eigenvalue weighted by molar-refractivity contribution is 6.15. The topological polar surface area (TPSA) is 58.5 Å². The van der Waals surface area contributed by atoms with Gasteiger partial charge in [-0.1, -0.05) is 78.9 Å². The third kappa shape index (κ3) is 3.92. The van der Waals surface area contributed by atoms with Gasteiger partial charge in [0.05, 0.1) is 11.3 Å². The summed E-state index contributed by atoms with van der Waals surface area (Å²) in [6.07, 6.45) is 0. The molecule has 128 valence electrons. The van der Waals surface area contributed by atoms with Crippen molar-refractivity contribution in [2.75, 3.05) is 0 Å². The second kappa shape index (κ2) is 8.03. The standard InChI is InChI=1S/C22H18N2O2/c1-16(17-10-4-2-5-11-17)23-24-22(26)20-15-9-8-14-19(20)21(25)18-12-6-3-7-13-18/h2-15H,1H3,(H,24,26)/b23-16+. The van der Waals surface area contributed by atoms with Gasteiger partial charge in [0.2, 0.25) is 0 Å². The maximum atomic E-state index is 12.7. The second-order valence-corrected chi connectivity index (χ2v) is 5.74. The smallest absolute Gasteiger partial charge is 0.272 e.